The van der Waals surface area contributed by atoms with Gasteiger partial charge in [-0.1, -0.05) is 29.8 Å². The number of benzene rings is 2. The molecule has 1 aliphatic rings. The minimum atomic E-state index is -0.161. The van der Waals surface area contributed by atoms with Crippen molar-refractivity contribution >= 4 is 34.8 Å². The number of carbonyl (C=O) groups excluding carboxylic acids is 1. The van der Waals surface area contributed by atoms with Crippen molar-refractivity contribution in [2.24, 2.45) is 0 Å². The highest BCUT2D eigenvalue weighted by molar-refractivity contribution is 6.36. The maximum atomic E-state index is 12.3. The molecule has 0 fully saturated rings. The van der Waals surface area contributed by atoms with Gasteiger partial charge in [-0.3, -0.25) is 4.79 Å². The molecule has 0 radical (unpaired) electrons. The first kappa shape index (κ1) is 16.4. The number of ether oxygens (including phenoxy) is 2. The van der Waals surface area contributed by atoms with Crippen LogP contribution in [0.15, 0.2) is 36.4 Å². The van der Waals surface area contributed by atoms with Crippen molar-refractivity contribution in [3.63, 3.8) is 0 Å². The molecule has 1 N–H and O–H groups in total. The standard InChI is InChI=1S/C19H18ClNO3/c1-11(2)24-18-12(5-4-6-17(18)23-3)9-15-14-8-7-13(20)10-16(14)21-19(15)22/h4-11H,1-3H3,(H,21,22). The number of para-hydroxylation sites is 1. The third-order valence-corrected chi connectivity index (χ3v) is 3.88. The highest BCUT2D eigenvalue weighted by Gasteiger charge is 2.25. The van der Waals surface area contributed by atoms with Gasteiger partial charge in [-0.25, -0.2) is 0 Å². The van der Waals surface area contributed by atoms with Crippen LogP contribution < -0.4 is 14.8 Å². The van der Waals surface area contributed by atoms with Crippen LogP contribution in [-0.4, -0.2) is 19.1 Å². The summed E-state index contributed by atoms with van der Waals surface area (Å²) in [6, 6.07) is 11.0. The van der Waals surface area contributed by atoms with Crippen molar-refractivity contribution in [2.45, 2.75) is 20.0 Å². The van der Waals surface area contributed by atoms with Gasteiger partial charge in [-0.2, -0.15) is 0 Å². The van der Waals surface area contributed by atoms with E-state index in [2.05, 4.69) is 5.32 Å². The summed E-state index contributed by atoms with van der Waals surface area (Å²) in [5.41, 5.74) is 2.90. The van der Waals surface area contributed by atoms with Gasteiger partial charge >= 0.3 is 0 Å². The second kappa shape index (κ2) is 6.57. The fourth-order valence-electron chi connectivity index (χ4n) is 2.63. The maximum absolute atomic E-state index is 12.3. The van der Waals surface area contributed by atoms with Crippen LogP contribution in [0.3, 0.4) is 0 Å². The summed E-state index contributed by atoms with van der Waals surface area (Å²) in [5.74, 6) is 1.09. The second-order valence-corrected chi connectivity index (χ2v) is 6.18. The Labute approximate surface area is 146 Å². The van der Waals surface area contributed by atoms with E-state index in [0.29, 0.717) is 27.8 Å². The van der Waals surface area contributed by atoms with E-state index in [9.17, 15) is 4.79 Å². The Bertz CT molecular complexity index is 827. The van der Waals surface area contributed by atoms with Crippen LogP contribution in [0.5, 0.6) is 11.5 Å². The summed E-state index contributed by atoms with van der Waals surface area (Å²) in [5, 5.41) is 3.42. The average Bonchev–Trinajstić information content (AvgIpc) is 2.83. The predicted octanol–water partition coefficient (Wildman–Crippen LogP) is 4.63. The molecule has 0 spiro atoms. The average molecular weight is 344 g/mol. The van der Waals surface area contributed by atoms with E-state index in [1.807, 2.05) is 44.2 Å². The number of rotatable bonds is 4. The molecule has 0 saturated heterocycles. The Morgan fingerprint density at radius 1 is 1.21 bits per heavy atom. The number of anilines is 1. The van der Waals surface area contributed by atoms with Crippen LogP contribution in [0, 0.1) is 0 Å². The number of fused-ring (bicyclic) bond motifs is 1. The van der Waals surface area contributed by atoms with E-state index in [1.54, 1.807) is 19.2 Å². The van der Waals surface area contributed by atoms with Crippen molar-refractivity contribution < 1.29 is 14.3 Å². The molecule has 24 heavy (non-hydrogen) atoms. The summed E-state index contributed by atoms with van der Waals surface area (Å²) in [6.07, 6.45) is 1.80. The van der Waals surface area contributed by atoms with Crippen LogP contribution in [0.1, 0.15) is 25.0 Å². The maximum Gasteiger partial charge on any atom is 0.256 e. The summed E-state index contributed by atoms with van der Waals surface area (Å²) >= 11 is 5.99. The molecule has 1 heterocycles. The lowest BCUT2D eigenvalue weighted by molar-refractivity contribution is -0.110. The summed E-state index contributed by atoms with van der Waals surface area (Å²) in [6.45, 7) is 3.89. The Morgan fingerprint density at radius 2 is 2.00 bits per heavy atom. The van der Waals surface area contributed by atoms with Gasteiger partial charge in [-0.15, -0.1) is 0 Å². The lowest BCUT2D eigenvalue weighted by Crippen LogP contribution is -2.08. The third kappa shape index (κ3) is 3.10. The highest BCUT2D eigenvalue weighted by Crippen LogP contribution is 2.38. The summed E-state index contributed by atoms with van der Waals surface area (Å²) in [7, 11) is 1.60. The van der Waals surface area contributed by atoms with Gasteiger partial charge in [0.1, 0.15) is 0 Å². The SMILES string of the molecule is COc1cccc(C=C2C(=O)Nc3cc(Cl)ccc32)c1OC(C)C. The lowest BCUT2D eigenvalue weighted by Gasteiger charge is -2.16. The Morgan fingerprint density at radius 3 is 2.71 bits per heavy atom. The van der Waals surface area contributed by atoms with Gasteiger partial charge in [0.05, 0.1) is 18.9 Å². The topological polar surface area (TPSA) is 47.6 Å². The van der Waals surface area contributed by atoms with Gasteiger partial charge in [0, 0.05) is 21.7 Å². The van der Waals surface area contributed by atoms with Gasteiger partial charge in [0.2, 0.25) is 0 Å². The van der Waals surface area contributed by atoms with Crippen LogP contribution in [0.2, 0.25) is 5.02 Å². The molecule has 0 saturated carbocycles. The molecule has 0 aliphatic carbocycles. The van der Waals surface area contributed by atoms with Crippen molar-refractivity contribution in [2.75, 3.05) is 12.4 Å². The van der Waals surface area contributed by atoms with Crippen molar-refractivity contribution in [1.29, 1.82) is 0 Å². The van der Waals surface area contributed by atoms with Crippen LogP contribution >= 0.6 is 11.6 Å². The van der Waals surface area contributed by atoms with Crippen LogP contribution in [-0.2, 0) is 4.79 Å². The summed E-state index contributed by atoms with van der Waals surface area (Å²) in [4.78, 5) is 12.3. The molecular weight excluding hydrogens is 326 g/mol. The fraction of sp³-hybridized carbons (Fsp3) is 0.211. The molecule has 0 bridgehead atoms. The molecule has 4 nitrogen and oxygen atoms in total. The molecule has 3 rings (SSSR count). The van der Waals surface area contributed by atoms with Crippen molar-refractivity contribution in [3.05, 3.63) is 52.5 Å². The van der Waals surface area contributed by atoms with E-state index in [0.717, 1.165) is 11.1 Å². The molecule has 0 aromatic heterocycles. The second-order valence-electron chi connectivity index (χ2n) is 5.75. The van der Waals surface area contributed by atoms with E-state index >= 15 is 0 Å². The van der Waals surface area contributed by atoms with E-state index in [4.69, 9.17) is 21.1 Å². The minimum absolute atomic E-state index is 0.0121. The smallest absolute Gasteiger partial charge is 0.256 e. The molecule has 1 aliphatic heterocycles. The zero-order valence-corrected chi connectivity index (χ0v) is 14.5. The first-order chi connectivity index (χ1) is 11.5. The van der Waals surface area contributed by atoms with Crippen molar-refractivity contribution in [1.82, 2.24) is 0 Å². The number of carbonyl (C=O) groups is 1. The Kier molecular flexibility index (Phi) is 4.49. The zero-order chi connectivity index (χ0) is 17.3. The molecule has 2 aromatic carbocycles. The van der Waals surface area contributed by atoms with Gasteiger partial charge in [0.25, 0.3) is 5.91 Å². The molecule has 0 atom stereocenters. The van der Waals surface area contributed by atoms with Gasteiger partial charge in [0.15, 0.2) is 11.5 Å². The zero-order valence-electron chi connectivity index (χ0n) is 13.7. The molecule has 1 amide bonds. The predicted molar refractivity (Wildman–Crippen MR) is 96.7 cm³/mol. The molecular formula is C19H18ClNO3. The first-order valence-electron chi connectivity index (χ1n) is 7.66. The molecule has 0 unspecified atom stereocenters. The monoisotopic (exact) mass is 343 g/mol. The van der Waals surface area contributed by atoms with E-state index < -0.39 is 0 Å². The summed E-state index contributed by atoms with van der Waals surface area (Å²) < 4.78 is 11.3. The quantitative estimate of drug-likeness (QED) is 0.823. The fourth-order valence-corrected chi connectivity index (χ4v) is 2.81. The lowest BCUT2D eigenvalue weighted by atomic mass is 10.0. The normalized spacial score (nSPS) is 14.7. The number of nitrogens with one attached hydrogen (secondary N) is 1. The Balaban J connectivity index is 2.11. The molecule has 124 valence electrons. The molecule has 2 aromatic rings. The number of hydrogen-bond donors (Lipinski definition) is 1. The minimum Gasteiger partial charge on any atom is -0.493 e. The first-order valence-corrected chi connectivity index (χ1v) is 8.04. The van der Waals surface area contributed by atoms with Crippen LogP contribution in [0.4, 0.5) is 5.69 Å². The van der Waals surface area contributed by atoms with Gasteiger partial charge in [-0.05, 0) is 38.1 Å². The van der Waals surface area contributed by atoms with E-state index in [-0.39, 0.29) is 12.0 Å². The molecule has 5 heteroatoms. The highest BCUT2D eigenvalue weighted by atomic mass is 35.5. The Hall–Kier alpha value is -2.46. The van der Waals surface area contributed by atoms with Gasteiger partial charge < -0.3 is 14.8 Å². The number of halogens is 1. The number of hydrogen-bond acceptors (Lipinski definition) is 3. The number of amides is 1. The van der Waals surface area contributed by atoms with Crippen molar-refractivity contribution in [3.8, 4) is 11.5 Å². The largest absolute Gasteiger partial charge is 0.493 e. The van der Waals surface area contributed by atoms with Crippen LogP contribution in [0.25, 0.3) is 11.6 Å². The van der Waals surface area contributed by atoms with E-state index in [1.165, 1.54) is 0 Å². The number of methoxy groups -OCH3 is 1. The third-order valence-electron chi connectivity index (χ3n) is 3.65.